The molecule has 0 heterocycles. The summed E-state index contributed by atoms with van der Waals surface area (Å²) in [7, 11) is 0. The van der Waals surface area contributed by atoms with Crippen molar-refractivity contribution in [2.75, 3.05) is 31.7 Å². The van der Waals surface area contributed by atoms with Crippen LogP contribution in [0.1, 0.15) is 29.8 Å². The van der Waals surface area contributed by atoms with Gasteiger partial charge in [-0.25, -0.2) is 0 Å². The highest BCUT2D eigenvalue weighted by molar-refractivity contribution is 5.97. The summed E-state index contributed by atoms with van der Waals surface area (Å²) in [6.45, 7) is 7.41. The van der Waals surface area contributed by atoms with Gasteiger partial charge < -0.3 is 20.5 Å². The highest BCUT2D eigenvalue weighted by Crippen LogP contribution is 2.19. The van der Waals surface area contributed by atoms with Gasteiger partial charge in [0, 0.05) is 30.4 Å². The summed E-state index contributed by atoms with van der Waals surface area (Å²) in [6, 6.07) is 5.74. The third-order valence-corrected chi connectivity index (χ3v) is 2.95. The second-order valence-corrected chi connectivity index (χ2v) is 4.66. The number of carbonyl (C=O) groups excluding carboxylic acids is 1. The summed E-state index contributed by atoms with van der Waals surface area (Å²) >= 11 is 0. The Balaban J connectivity index is 2.76. The van der Waals surface area contributed by atoms with Gasteiger partial charge in [-0.1, -0.05) is 6.07 Å². The van der Waals surface area contributed by atoms with Gasteiger partial charge in [-0.05, 0) is 38.5 Å². The maximum Gasteiger partial charge on any atom is 0.251 e. The van der Waals surface area contributed by atoms with E-state index in [0.29, 0.717) is 18.8 Å². The van der Waals surface area contributed by atoms with Crippen molar-refractivity contribution in [1.82, 2.24) is 5.32 Å². The van der Waals surface area contributed by atoms with Crippen molar-refractivity contribution in [1.29, 1.82) is 0 Å². The van der Waals surface area contributed by atoms with Crippen molar-refractivity contribution in [2.24, 2.45) is 0 Å². The molecule has 0 bridgehead atoms. The molecule has 0 aliphatic heterocycles. The molecular formula is C15H24N2O3. The second kappa shape index (κ2) is 8.55. The molecular weight excluding hydrogens is 256 g/mol. The molecule has 1 atom stereocenters. The zero-order valence-corrected chi connectivity index (χ0v) is 12.4. The summed E-state index contributed by atoms with van der Waals surface area (Å²) in [5.41, 5.74) is 2.44. The fraction of sp³-hybridized carbons (Fsp3) is 0.533. The summed E-state index contributed by atoms with van der Waals surface area (Å²) in [5, 5.41) is 14.8. The van der Waals surface area contributed by atoms with Crippen LogP contribution in [-0.2, 0) is 4.74 Å². The van der Waals surface area contributed by atoms with E-state index in [9.17, 15) is 4.79 Å². The van der Waals surface area contributed by atoms with Crippen LogP contribution in [0.25, 0.3) is 0 Å². The Labute approximate surface area is 120 Å². The standard InChI is InChI=1S/C15H24N2O3/c1-4-20-10-11(2)17-14-7-5-6-13(12(14)3)15(19)16-8-9-18/h5-7,11,17-18H,4,8-10H2,1-3H3,(H,16,19). The smallest absolute Gasteiger partial charge is 0.251 e. The van der Waals surface area contributed by atoms with Crippen LogP contribution in [-0.4, -0.2) is 43.4 Å². The van der Waals surface area contributed by atoms with Gasteiger partial charge in [0.25, 0.3) is 5.91 Å². The summed E-state index contributed by atoms with van der Waals surface area (Å²) in [4.78, 5) is 12.0. The number of hydrogen-bond donors (Lipinski definition) is 3. The molecule has 0 fully saturated rings. The fourth-order valence-electron chi connectivity index (χ4n) is 1.90. The maximum absolute atomic E-state index is 12.0. The van der Waals surface area contributed by atoms with E-state index < -0.39 is 0 Å². The van der Waals surface area contributed by atoms with Crippen LogP contribution in [0, 0.1) is 6.92 Å². The molecule has 1 unspecified atom stereocenters. The van der Waals surface area contributed by atoms with E-state index in [1.807, 2.05) is 32.9 Å². The predicted molar refractivity (Wildman–Crippen MR) is 80.2 cm³/mol. The molecule has 1 rings (SSSR count). The molecule has 0 saturated carbocycles. The number of aliphatic hydroxyl groups is 1. The minimum atomic E-state index is -0.169. The number of rotatable bonds is 8. The van der Waals surface area contributed by atoms with Crippen LogP contribution in [0.15, 0.2) is 18.2 Å². The first-order valence-corrected chi connectivity index (χ1v) is 6.93. The van der Waals surface area contributed by atoms with E-state index in [-0.39, 0.29) is 25.1 Å². The van der Waals surface area contributed by atoms with E-state index in [2.05, 4.69) is 10.6 Å². The van der Waals surface area contributed by atoms with Crippen molar-refractivity contribution in [2.45, 2.75) is 26.8 Å². The van der Waals surface area contributed by atoms with Gasteiger partial charge in [0.15, 0.2) is 0 Å². The topological polar surface area (TPSA) is 70.6 Å². The molecule has 1 amide bonds. The molecule has 112 valence electrons. The first-order chi connectivity index (χ1) is 9.60. The Hall–Kier alpha value is -1.59. The fourth-order valence-corrected chi connectivity index (χ4v) is 1.90. The van der Waals surface area contributed by atoms with Crippen molar-refractivity contribution < 1.29 is 14.6 Å². The zero-order chi connectivity index (χ0) is 15.0. The van der Waals surface area contributed by atoms with E-state index in [1.54, 1.807) is 6.07 Å². The SMILES string of the molecule is CCOCC(C)Nc1cccc(C(=O)NCCO)c1C. The lowest BCUT2D eigenvalue weighted by atomic mass is 10.1. The van der Waals surface area contributed by atoms with Gasteiger partial charge in [0.1, 0.15) is 0 Å². The second-order valence-electron chi connectivity index (χ2n) is 4.66. The molecule has 0 saturated heterocycles. The minimum absolute atomic E-state index is 0.0614. The van der Waals surface area contributed by atoms with Gasteiger partial charge >= 0.3 is 0 Å². The lowest BCUT2D eigenvalue weighted by Gasteiger charge is -2.18. The van der Waals surface area contributed by atoms with Crippen LogP contribution < -0.4 is 10.6 Å². The van der Waals surface area contributed by atoms with Crippen LogP contribution in [0.4, 0.5) is 5.69 Å². The molecule has 1 aromatic carbocycles. The maximum atomic E-state index is 12.0. The Bertz CT molecular complexity index is 435. The summed E-state index contributed by atoms with van der Waals surface area (Å²) in [6.07, 6.45) is 0. The first kappa shape index (κ1) is 16.5. The van der Waals surface area contributed by atoms with Crippen LogP contribution in [0.2, 0.25) is 0 Å². The Kier molecular flexibility index (Phi) is 7.04. The molecule has 5 heteroatoms. The third-order valence-electron chi connectivity index (χ3n) is 2.95. The molecule has 0 spiro atoms. The normalized spacial score (nSPS) is 12.0. The lowest BCUT2D eigenvalue weighted by molar-refractivity contribution is 0.0944. The van der Waals surface area contributed by atoms with Crippen molar-refractivity contribution in [3.63, 3.8) is 0 Å². The highest BCUT2D eigenvalue weighted by atomic mass is 16.5. The van der Waals surface area contributed by atoms with Gasteiger partial charge in [-0.3, -0.25) is 4.79 Å². The van der Waals surface area contributed by atoms with Crippen molar-refractivity contribution in [3.8, 4) is 0 Å². The number of hydrogen-bond acceptors (Lipinski definition) is 4. The van der Waals surface area contributed by atoms with Crippen molar-refractivity contribution in [3.05, 3.63) is 29.3 Å². The monoisotopic (exact) mass is 280 g/mol. The van der Waals surface area contributed by atoms with E-state index >= 15 is 0 Å². The quantitative estimate of drug-likeness (QED) is 0.676. The number of carbonyl (C=O) groups is 1. The molecule has 3 N–H and O–H groups in total. The first-order valence-electron chi connectivity index (χ1n) is 6.93. The Morgan fingerprint density at radius 2 is 2.20 bits per heavy atom. The summed E-state index contributed by atoms with van der Waals surface area (Å²) in [5.74, 6) is -0.169. The number of ether oxygens (including phenoxy) is 1. The number of nitrogens with one attached hydrogen (secondary N) is 2. The average molecular weight is 280 g/mol. The van der Waals surface area contributed by atoms with Gasteiger partial charge in [-0.15, -0.1) is 0 Å². The molecule has 0 aliphatic rings. The van der Waals surface area contributed by atoms with Gasteiger partial charge in [0.05, 0.1) is 13.2 Å². The number of benzene rings is 1. The zero-order valence-electron chi connectivity index (χ0n) is 12.4. The molecule has 0 aromatic heterocycles. The molecule has 0 aliphatic carbocycles. The van der Waals surface area contributed by atoms with Gasteiger partial charge in [0.2, 0.25) is 0 Å². The molecule has 1 aromatic rings. The van der Waals surface area contributed by atoms with E-state index in [1.165, 1.54) is 0 Å². The summed E-state index contributed by atoms with van der Waals surface area (Å²) < 4.78 is 5.37. The van der Waals surface area contributed by atoms with Gasteiger partial charge in [-0.2, -0.15) is 0 Å². The molecule has 5 nitrogen and oxygen atoms in total. The highest BCUT2D eigenvalue weighted by Gasteiger charge is 2.12. The van der Waals surface area contributed by atoms with Crippen LogP contribution >= 0.6 is 0 Å². The Morgan fingerprint density at radius 3 is 2.85 bits per heavy atom. The minimum Gasteiger partial charge on any atom is -0.395 e. The van der Waals surface area contributed by atoms with E-state index in [0.717, 1.165) is 11.3 Å². The largest absolute Gasteiger partial charge is 0.395 e. The average Bonchev–Trinajstić information content (AvgIpc) is 2.44. The van der Waals surface area contributed by atoms with Crippen LogP contribution in [0.5, 0.6) is 0 Å². The van der Waals surface area contributed by atoms with Crippen molar-refractivity contribution >= 4 is 11.6 Å². The lowest BCUT2D eigenvalue weighted by Crippen LogP contribution is -2.28. The number of amides is 1. The predicted octanol–water partition coefficient (Wildman–Crippen LogP) is 1.55. The molecule has 0 radical (unpaired) electrons. The Morgan fingerprint density at radius 1 is 1.45 bits per heavy atom. The third kappa shape index (κ3) is 4.83. The van der Waals surface area contributed by atoms with Crippen LogP contribution in [0.3, 0.4) is 0 Å². The van der Waals surface area contributed by atoms with E-state index in [4.69, 9.17) is 9.84 Å². The number of anilines is 1. The molecule has 20 heavy (non-hydrogen) atoms. The number of aliphatic hydroxyl groups excluding tert-OH is 1.